The Kier molecular flexibility index (Phi) is 4.66. The molecule has 3 nitrogen and oxygen atoms in total. The quantitative estimate of drug-likeness (QED) is 0.517. The van der Waals surface area contributed by atoms with E-state index in [1.807, 2.05) is 0 Å². The van der Waals surface area contributed by atoms with E-state index in [0.717, 1.165) is 36.5 Å². The van der Waals surface area contributed by atoms with E-state index >= 15 is 0 Å². The van der Waals surface area contributed by atoms with Gasteiger partial charge in [0.2, 0.25) is 0 Å². The van der Waals surface area contributed by atoms with Crippen molar-refractivity contribution in [3.8, 4) is 0 Å². The molecule has 1 heterocycles. The molecule has 5 aliphatic rings. The SMILES string of the molecule is C[C@@H]1OB(C(C)(C)C)O[C@@]12CC[C@H]1[C@@H]3CC[C@@H]4C[C@H](O)CC[C@]4(C)[C@H]3CC[C@@]12C. The maximum atomic E-state index is 10.3. The Balaban J connectivity index is 1.43. The summed E-state index contributed by atoms with van der Waals surface area (Å²) in [5.41, 5.74) is 0.595. The van der Waals surface area contributed by atoms with Crippen LogP contribution in [0.5, 0.6) is 0 Å². The van der Waals surface area contributed by atoms with E-state index in [4.69, 9.17) is 9.31 Å². The molecule has 164 valence electrons. The molecule has 0 aromatic rings. The highest BCUT2D eigenvalue weighted by Crippen LogP contribution is 2.70. The van der Waals surface area contributed by atoms with Gasteiger partial charge in [0.15, 0.2) is 0 Å². The van der Waals surface area contributed by atoms with Gasteiger partial charge in [0.25, 0.3) is 0 Å². The summed E-state index contributed by atoms with van der Waals surface area (Å²) in [6.07, 6.45) is 11.2. The smallest absolute Gasteiger partial charge is 0.405 e. The molecule has 29 heavy (non-hydrogen) atoms. The van der Waals surface area contributed by atoms with Crippen molar-refractivity contribution in [3.63, 3.8) is 0 Å². The first-order valence-electron chi connectivity index (χ1n) is 12.5. The zero-order valence-electron chi connectivity index (χ0n) is 19.7. The standard InChI is InChI=1S/C25H43BO3/c1-16-25(29-26(28-16)22(2,3)4)14-11-21-19-8-7-17-15-18(27)9-12-23(17,5)20(19)10-13-24(21,25)6/h16-21,27H,7-15H2,1-6H3/t16-,17+,18+,19+,20-,21-,23-,24-,25-/m0/s1. The lowest BCUT2D eigenvalue weighted by Crippen LogP contribution is -2.59. The van der Waals surface area contributed by atoms with E-state index in [1.54, 1.807) is 0 Å². The summed E-state index contributed by atoms with van der Waals surface area (Å²) >= 11 is 0. The molecule has 4 heteroatoms. The highest BCUT2D eigenvalue weighted by molar-refractivity contribution is 6.49. The van der Waals surface area contributed by atoms with Crippen molar-refractivity contribution in [2.75, 3.05) is 0 Å². The van der Waals surface area contributed by atoms with Gasteiger partial charge < -0.3 is 14.4 Å². The van der Waals surface area contributed by atoms with Crippen molar-refractivity contribution >= 4 is 7.12 Å². The molecule has 9 atom stereocenters. The van der Waals surface area contributed by atoms with Crippen LogP contribution in [-0.4, -0.2) is 30.0 Å². The molecule has 1 aliphatic heterocycles. The van der Waals surface area contributed by atoms with Crippen molar-refractivity contribution < 1.29 is 14.4 Å². The van der Waals surface area contributed by atoms with Crippen LogP contribution in [-0.2, 0) is 9.31 Å². The third kappa shape index (κ3) is 2.73. The molecule has 0 bridgehead atoms. The predicted molar refractivity (Wildman–Crippen MR) is 118 cm³/mol. The minimum Gasteiger partial charge on any atom is -0.405 e. The van der Waals surface area contributed by atoms with E-state index in [0.29, 0.717) is 5.41 Å². The largest absolute Gasteiger partial charge is 0.463 e. The zero-order valence-corrected chi connectivity index (χ0v) is 19.7. The summed E-state index contributed by atoms with van der Waals surface area (Å²) in [6.45, 7) is 14.2. The second-order valence-electron chi connectivity index (χ2n) is 13.1. The van der Waals surface area contributed by atoms with Crippen LogP contribution in [0.25, 0.3) is 0 Å². The molecule has 0 aromatic carbocycles. The molecule has 5 rings (SSSR count). The third-order valence-electron chi connectivity index (χ3n) is 10.8. The number of aliphatic hydroxyl groups is 1. The Morgan fingerprint density at radius 1 is 0.931 bits per heavy atom. The average Bonchev–Trinajstić information content (AvgIpc) is 3.14. The average molecular weight is 402 g/mol. The van der Waals surface area contributed by atoms with Crippen LogP contribution < -0.4 is 0 Å². The van der Waals surface area contributed by atoms with Gasteiger partial charge in [-0.05, 0) is 99.1 Å². The van der Waals surface area contributed by atoms with Crippen molar-refractivity contribution in [2.24, 2.45) is 34.5 Å². The maximum absolute atomic E-state index is 10.3. The lowest BCUT2D eigenvalue weighted by Gasteiger charge is -2.62. The van der Waals surface area contributed by atoms with Crippen molar-refractivity contribution in [3.05, 3.63) is 0 Å². The topological polar surface area (TPSA) is 38.7 Å². The third-order valence-corrected chi connectivity index (χ3v) is 10.8. The fourth-order valence-corrected chi connectivity index (χ4v) is 9.12. The van der Waals surface area contributed by atoms with Gasteiger partial charge in [0.05, 0.1) is 17.8 Å². The summed E-state index contributed by atoms with van der Waals surface area (Å²) in [6, 6.07) is 0. The van der Waals surface area contributed by atoms with Crippen molar-refractivity contribution in [1.82, 2.24) is 0 Å². The summed E-state index contributed by atoms with van der Waals surface area (Å²) < 4.78 is 13.4. The Morgan fingerprint density at radius 3 is 2.34 bits per heavy atom. The first kappa shape index (κ1) is 20.8. The molecule has 1 spiro atoms. The zero-order chi connectivity index (χ0) is 20.8. The van der Waals surface area contributed by atoms with E-state index < -0.39 is 0 Å². The Bertz CT molecular complexity index is 661. The van der Waals surface area contributed by atoms with Crippen LogP contribution in [0.3, 0.4) is 0 Å². The number of aliphatic hydroxyl groups excluding tert-OH is 1. The molecular weight excluding hydrogens is 359 g/mol. The molecule has 1 saturated heterocycles. The highest BCUT2D eigenvalue weighted by atomic mass is 16.7. The summed E-state index contributed by atoms with van der Waals surface area (Å²) in [4.78, 5) is 0. The fourth-order valence-electron chi connectivity index (χ4n) is 9.12. The van der Waals surface area contributed by atoms with Crippen LogP contribution >= 0.6 is 0 Å². The lowest BCUT2D eigenvalue weighted by molar-refractivity contribution is -0.155. The fraction of sp³-hybridized carbons (Fsp3) is 1.00. The molecule has 0 amide bonds. The van der Waals surface area contributed by atoms with Gasteiger partial charge in [0, 0.05) is 5.41 Å². The van der Waals surface area contributed by atoms with Gasteiger partial charge in [-0.15, -0.1) is 0 Å². The summed E-state index contributed by atoms with van der Waals surface area (Å²) in [5, 5.41) is 10.3. The normalized spacial score (nSPS) is 54.9. The Morgan fingerprint density at radius 2 is 1.66 bits per heavy atom. The second kappa shape index (κ2) is 6.48. The van der Waals surface area contributed by atoms with E-state index in [9.17, 15) is 5.11 Å². The molecule has 5 fully saturated rings. The van der Waals surface area contributed by atoms with Gasteiger partial charge in [-0.25, -0.2) is 0 Å². The number of hydrogen-bond donors (Lipinski definition) is 1. The van der Waals surface area contributed by atoms with Gasteiger partial charge in [-0.1, -0.05) is 34.6 Å². The first-order chi connectivity index (χ1) is 13.5. The molecule has 0 unspecified atom stereocenters. The van der Waals surface area contributed by atoms with Crippen LogP contribution in [0.2, 0.25) is 5.31 Å². The summed E-state index contributed by atoms with van der Waals surface area (Å²) in [5.74, 6) is 3.20. The number of hydrogen-bond acceptors (Lipinski definition) is 3. The Labute approximate surface area is 178 Å². The number of fused-ring (bicyclic) bond motifs is 6. The lowest BCUT2D eigenvalue weighted by atomic mass is 9.44. The van der Waals surface area contributed by atoms with Gasteiger partial charge >= 0.3 is 7.12 Å². The minimum absolute atomic E-state index is 0.0257. The minimum atomic E-state index is -0.0961. The molecule has 1 N–H and O–H groups in total. The van der Waals surface area contributed by atoms with Crippen LogP contribution in [0.4, 0.5) is 0 Å². The molecule has 4 saturated carbocycles. The van der Waals surface area contributed by atoms with Gasteiger partial charge in [0.1, 0.15) is 0 Å². The summed E-state index contributed by atoms with van der Waals surface area (Å²) in [7, 11) is -0.0844. The van der Waals surface area contributed by atoms with E-state index in [-0.39, 0.29) is 35.7 Å². The van der Waals surface area contributed by atoms with E-state index in [2.05, 4.69) is 41.5 Å². The molecule has 0 aromatic heterocycles. The predicted octanol–water partition coefficient (Wildman–Crippen LogP) is 5.85. The molecule has 4 aliphatic carbocycles. The first-order valence-corrected chi connectivity index (χ1v) is 12.5. The van der Waals surface area contributed by atoms with Gasteiger partial charge in [-0.2, -0.15) is 0 Å². The van der Waals surface area contributed by atoms with E-state index in [1.165, 1.54) is 44.9 Å². The van der Waals surface area contributed by atoms with Crippen LogP contribution in [0.15, 0.2) is 0 Å². The van der Waals surface area contributed by atoms with Crippen molar-refractivity contribution in [1.29, 1.82) is 0 Å². The Hall–Kier alpha value is -0.0551. The monoisotopic (exact) mass is 402 g/mol. The molecular formula is C25H43BO3. The second-order valence-corrected chi connectivity index (χ2v) is 13.1. The van der Waals surface area contributed by atoms with Crippen LogP contribution in [0, 0.1) is 34.5 Å². The van der Waals surface area contributed by atoms with Gasteiger partial charge in [-0.3, -0.25) is 0 Å². The van der Waals surface area contributed by atoms with Crippen LogP contribution in [0.1, 0.15) is 99.3 Å². The number of rotatable bonds is 0. The molecule has 0 radical (unpaired) electrons. The maximum Gasteiger partial charge on any atom is 0.463 e. The highest BCUT2D eigenvalue weighted by Gasteiger charge is 2.70. The van der Waals surface area contributed by atoms with Crippen molar-refractivity contribution in [2.45, 2.75) is 122 Å².